The molecule has 1 saturated heterocycles. The van der Waals surface area contributed by atoms with Crippen molar-refractivity contribution in [2.75, 3.05) is 29.9 Å². The molecule has 0 aliphatic carbocycles. The van der Waals surface area contributed by atoms with E-state index in [1.807, 2.05) is 31.2 Å². The summed E-state index contributed by atoms with van der Waals surface area (Å²) in [5.74, 6) is -0.0266. The zero-order valence-corrected chi connectivity index (χ0v) is 14.6. The predicted octanol–water partition coefficient (Wildman–Crippen LogP) is 1.39. The molecule has 3 amide bonds. The Morgan fingerprint density at radius 3 is 2.38 bits per heavy atom. The van der Waals surface area contributed by atoms with E-state index in [1.165, 1.54) is 11.8 Å². The van der Waals surface area contributed by atoms with Crippen molar-refractivity contribution >= 4 is 35.2 Å². The first-order valence-electron chi connectivity index (χ1n) is 7.97. The molecule has 0 unspecified atom stereocenters. The van der Waals surface area contributed by atoms with Gasteiger partial charge in [0, 0.05) is 24.7 Å². The van der Waals surface area contributed by atoms with E-state index in [9.17, 15) is 14.4 Å². The van der Waals surface area contributed by atoms with Crippen LogP contribution in [0.2, 0.25) is 0 Å². The first-order valence-corrected chi connectivity index (χ1v) is 9.12. The van der Waals surface area contributed by atoms with E-state index in [0.29, 0.717) is 25.9 Å². The molecule has 7 heteroatoms. The lowest BCUT2D eigenvalue weighted by atomic mass is 9.96. The number of rotatable bonds is 6. The molecular formula is C17H23N3O3S. The summed E-state index contributed by atoms with van der Waals surface area (Å²) in [6.07, 6.45) is 1.25. The molecule has 3 N–H and O–H groups in total. The Hall–Kier alpha value is -2.02. The number of carbonyl (C=O) groups is 3. The highest BCUT2D eigenvalue weighted by Crippen LogP contribution is 2.17. The number of nitrogens with zero attached hydrogens (tertiary/aromatic N) is 1. The average Bonchev–Trinajstić information content (AvgIpc) is 2.57. The van der Waals surface area contributed by atoms with Crippen molar-refractivity contribution in [2.24, 2.45) is 11.7 Å². The van der Waals surface area contributed by atoms with Crippen LogP contribution in [0.5, 0.6) is 0 Å². The number of hydrogen-bond donors (Lipinski definition) is 2. The van der Waals surface area contributed by atoms with Crippen LogP contribution < -0.4 is 11.1 Å². The van der Waals surface area contributed by atoms with E-state index in [2.05, 4.69) is 5.32 Å². The van der Waals surface area contributed by atoms with Gasteiger partial charge in [-0.3, -0.25) is 14.4 Å². The highest BCUT2D eigenvalue weighted by atomic mass is 32.2. The number of aryl methyl sites for hydroxylation is 1. The van der Waals surface area contributed by atoms with Gasteiger partial charge < -0.3 is 16.0 Å². The molecule has 1 aromatic rings. The Labute approximate surface area is 146 Å². The van der Waals surface area contributed by atoms with Crippen LogP contribution in [0.15, 0.2) is 24.3 Å². The molecule has 0 radical (unpaired) electrons. The number of thioether (sulfide) groups is 1. The van der Waals surface area contributed by atoms with Crippen molar-refractivity contribution < 1.29 is 14.4 Å². The molecule has 0 atom stereocenters. The summed E-state index contributed by atoms with van der Waals surface area (Å²) in [4.78, 5) is 36.8. The van der Waals surface area contributed by atoms with Crippen LogP contribution in [0.1, 0.15) is 18.4 Å². The second-order valence-electron chi connectivity index (χ2n) is 5.96. The number of carbonyl (C=O) groups excluding carboxylic acids is 3. The van der Waals surface area contributed by atoms with E-state index in [-0.39, 0.29) is 35.1 Å². The summed E-state index contributed by atoms with van der Waals surface area (Å²) in [6.45, 7) is 3.10. The van der Waals surface area contributed by atoms with Crippen LogP contribution in [0.25, 0.3) is 0 Å². The van der Waals surface area contributed by atoms with Crippen molar-refractivity contribution in [3.63, 3.8) is 0 Å². The molecule has 0 bridgehead atoms. The third-order valence-corrected chi connectivity index (χ3v) is 4.96. The number of primary amides is 1. The molecule has 24 heavy (non-hydrogen) atoms. The van der Waals surface area contributed by atoms with Gasteiger partial charge in [-0.05, 0) is 31.9 Å². The molecule has 0 saturated carbocycles. The van der Waals surface area contributed by atoms with E-state index in [4.69, 9.17) is 5.73 Å². The summed E-state index contributed by atoms with van der Waals surface area (Å²) >= 11 is 1.30. The van der Waals surface area contributed by atoms with E-state index in [0.717, 1.165) is 11.3 Å². The highest BCUT2D eigenvalue weighted by molar-refractivity contribution is 8.00. The first kappa shape index (κ1) is 18.3. The van der Waals surface area contributed by atoms with Gasteiger partial charge in [0.1, 0.15) is 0 Å². The standard InChI is InChI=1S/C17H23N3O3S/c1-12-2-4-14(5-3-12)19-15(21)10-24-11-16(22)20-8-6-13(7-9-20)17(18)23/h2-5,13H,6-11H2,1H3,(H2,18,23)(H,19,21). The van der Waals surface area contributed by atoms with Gasteiger partial charge in [-0.25, -0.2) is 0 Å². The van der Waals surface area contributed by atoms with Gasteiger partial charge in [0.2, 0.25) is 17.7 Å². The third kappa shape index (κ3) is 5.56. The lowest BCUT2D eigenvalue weighted by Crippen LogP contribution is -2.42. The largest absolute Gasteiger partial charge is 0.369 e. The van der Waals surface area contributed by atoms with Crippen molar-refractivity contribution in [1.29, 1.82) is 0 Å². The van der Waals surface area contributed by atoms with E-state index >= 15 is 0 Å². The molecule has 0 spiro atoms. The fourth-order valence-electron chi connectivity index (χ4n) is 2.57. The zero-order valence-electron chi connectivity index (χ0n) is 13.8. The molecule has 1 heterocycles. The Morgan fingerprint density at radius 2 is 1.79 bits per heavy atom. The fourth-order valence-corrected chi connectivity index (χ4v) is 3.29. The predicted molar refractivity (Wildman–Crippen MR) is 95.6 cm³/mol. The van der Waals surface area contributed by atoms with E-state index < -0.39 is 0 Å². The van der Waals surface area contributed by atoms with Crippen LogP contribution in [-0.4, -0.2) is 47.2 Å². The lowest BCUT2D eigenvalue weighted by Gasteiger charge is -2.30. The van der Waals surface area contributed by atoms with Gasteiger partial charge in [0.25, 0.3) is 0 Å². The van der Waals surface area contributed by atoms with Crippen molar-refractivity contribution in [3.8, 4) is 0 Å². The van der Waals surface area contributed by atoms with Crippen LogP contribution in [0, 0.1) is 12.8 Å². The highest BCUT2D eigenvalue weighted by Gasteiger charge is 2.25. The molecular weight excluding hydrogens is 326 g/mol. The normalized spacial score (nSPS) is 15.1. The Bertz CT molecular complexity index is 596. The maximum absolute atomic E-state index is 12.1. The number of nitrogens with one attached hydrogen (secondary N) is 1. The maximum Gasteiger partial charge on any atom is 0.234 e. The molecule has 1 aromatic carbocycles. The molecule has 2 rings (SSSR count). The van der Waals surface area contributed by atoms with E-state index in [1.54, 1.807) is 4.90 Å². The fraction of sp³-hybridized carbons (Fsp3) is 0.471. The lowest BCUT2D eigenvalue weighted by molar-refractivity contribution is -0.132. The Balaban J connectivity index is 1.66. The molecule has 6 nitrogen and oxygen atoms in total. The number of likely N-dealkylation sites (tertiary alicyclic amines) is 1. The third-order valence-electron chi connectivity index (χ3n) is 4.04. The molecule has 1 aliphatic heterocycles. The smallest absolute Gasteiger partial charge is 0.234 e. The van der Waals surface area contributed by atoms with Gasteiger partial charge in [-0.2, -0.15) is 0 Å². The van der Waals surface area contributed by atoms with Gasteiger partial charge >= 0.3 is 0 Å². The SMILES string of the molecule is Cc1ccc(NC(=O)CSCC(=O)N2CCC(C(N)=O)CC2)cc1. The van der Waals surface area contributed by atoms with Crippen LogP contribution in [-0.2, 0) is 14.4 Å². The Kier molecular flexibility index (Phi) is 6.66. The van der Waals surface area contributed by atoms with Gasteiger partial charge in [0.05, 0.1) is 11.5 Å². The van der Waals surface area contributed by atoms with Gasteiger partial charge in [-0.1, -0.05) is 17.7 Å². The summed E-state index contributed by atoms with van der Waals surface area (Å²) < 4.78 is 0. The van der Waals surface area contributed by atoms with Crippen LogP contribution in [0.4, 0.5) is 5.69 Å². The molecule has 1 fully saturated rings. The number of nitrogens with two attached hydrogens (primary N) is 1. The van der Waals surface area contributed by atoms with Gasteiger partial charge in [0.15, 0.2) is 0 Å². The molecule has 0 aromatic heterocycles. The van der Waals surface area contributed by atoms with Crippen LogP contribution in [0.3, 0.4) is 0 Å². The topological polar surface area (TPSA) is 92.5 Å². The maximum atomic E-state index is 12.1. The minimum absolute atomic E-state index is 0.00561. The van der Waals surface area contributed by atoms with Gasteiger partial charge in [-0.15, -0.1) is 11.8 Å². The van der Waals surface area contributed by atoms with Crippen molar-refractivity contribution in [1.82, 2.24) is 4.90 Å². The quantitative estimate of drug-likeness (QED) is 0.812. The second-order valence-corrected chi connectivity index (χ2v) is 6.95. The summed E-state index contributed by atoms with van der Waals surface area (Å²) in [5.41, 5.74) is 7.17. The molecule has 130 valence electrons. The van der Waals surface area contributed by atoms with Crippen LogP contribution >= 0.6 is 11.8 Å². The summed E-state index contributed by atoms with van der Waals surface area (Å²) in [6, 6.07) is 7.57. The first-order chi connectivity index (χ1) is 11.5. The second kappa shape index (κ2) is 8.73. The summed E-state index contributed by atoms with van der Waals surface area (Å²) in [7, 11) is 0. The number of hydrogen-bond acceptors (Lipinski definition) is 4. The number of anilines is 1. The number of piperidine rings is 1. The summed E-state index contributed by atoms with van der Waals surface area (Å²) in [5, 5.41) is 2.80. The number of amides is 3. The number of benzene rings is 1. The molecule has 1 aliphatic rings. The Morgan fingerprint density at radius 1 is 1.17 bits per heavy atom. The van der Waals surface area contributed by atoms with Crippen molar-refractivity contribution in [3.05, 3.63) is 29.8 Å². The van der Waals surface area contributed by atoms with Crippen molar-refractivity contribution in [2.45, 2.75) is 19.8 Å². The minimum atomic E-state index is -0.288. The zero-order chi connectivity index (χ0) is 17.5. The minimum Gasteiger partial charge on any atom is -0.369 e. The monoisotopic (exact) mass is 349 g/mol. The average molecular weight is 349 g/mol.